The molecule has 4 rings (SSSR count). The molecule has 1 heterocycles. The zero-order valence-corrected chi connectivity index (χ0v) is 18.8. The standard InChI is InChI=1S/C20H19ClN2O2S2.CH2O3/c1-20(14-5-3-2-4-6-14)12-18(20)23-27(24,25)19-10-9-17(26-19)13-7-8-15(21)16(22)11-13;2-1(3)4/h2-11,18,23H,12,22H2,1H3;(H2,2,3,4)/t18-,20+;/m0./s1. The maximum Gasteiger partial charge on any atom is 0.503 e. The zero-order chi connectivity index (χ0) is 22.8. The minimum absolute atomic E-state index is 0.0957. The quantitative estimate of drug-likeness (QED) is 0.385. The number of rotatable bonds is 5. The van der Waals surface area contributed by atoms with Crippen LogP contribution in [0, 0.1) is 0 Å². The molecule has 10 heteroatoms. The van der Waals surface area contributed by atoms with Gasteiger partial charge in [0.05, 0.1) is 10.7 Å². The van der Waals surface area contributed by atoms with Crippen LogP contribution in [0.3, 0.4) is 0 Å². The summed E-state index contributed by atoms with van der Waals surface area (Å²) in [5.74, 6) is 0. The molecule has 0 bridgehead atoms. The normalized spacial score (nSPS) is 19.9. The maximum absolute atomic E-state index is 12.8. The van der Waals surface area contributed by atoms with E-state index in [1.54, 1.807) is 24.3 Å². The molecule has 1 fully saturated rings. The molecule has 0 spiro atoms. The summed E-state index contributed by atoms with van der Waals surface area (Å²) in [4.78, 5) is 9.39. The molecule has 2 atom stereocenters. The Morgan fingerprint density at radius 2 is 1.81 bits per heavy atom. The lowest BCUT2D eigenvalue weighted by Gasteiger charge is -2.12. The van der Waals surface area contributed by atoms with Gasteiger partial charge in [0.15, 0.2) is 0 Å². The topological polar surface area (TPSA) is 130 Å². The van der Waals surface area contributed by atoms with Crippen LogP contribution < -0.4 is 10.5 Å². The van der Waals surface area contributed by atoms with Crippen LogP contribution in [0.4, 0.5) is 10.5 Å². The Bertz CT molecular complexity index is 1190. The highest BCUT2D eigenvalue weighted by molar-refractivity contribution is 7.91. The van der Waals surface area contributed by atoms with E-state index in [0.717, 1.165) is 22.4 Å². The summed E-state index contributed by atoms with van der Waals surface area (Å²) in [7, 11) is -3.57. The molecule has 7 nitrogen and oxygen atoms in total. The van der Waals surface area contributed by atoms with Crippen molar-refractivity contribution in [3.05, 3.63) is 71.2 Å². The predicted octanol–water partition coefficient (Wildman–Crippen LogP) is 4.88. The van der Waals surface area contributed by atoms with Crippen molar-refractivity contribution in [1.82, 2.24) is 4.72 Å². The third-order valence-electron chi connectivity index (χ3n) is 5.09. The molecule has 1 aliphatic carbocycles. The zero-order valence-electron chi connectivity index (χ0n) is 16.4. The first kappa shape index (κ1) is 23.1. The smallest absolute Gasteiger partial charge is 0.450 e. The predicted molar refractivity (Wildman–Crippen MR) is 122 cm³/mol. The van der Waals surface area contributed by atoms with Crippen molar-refractivity contribution in [1.29, 1.82) is 0 Å². The molecular formula is C21H21ClN2O5S2. The van der Waals surface area contributed by atoms with E-state index in [9.17, 15) is 8.42 Å². The number of hydrogen-bond donors (Lipinski definition) is 4. The van der Waals surface area contributed by atoms with Gasteiger partial charge in [-0.3, -0.25) is 0 Å². The number of hydrogen-bond acceptors (Lipinski definition) is 5. The molecule has 164 valence electrons. The average Bonchev–Trinajstić information content (AvgIpc) is 3.13. The summed E-state index contributed by atoms with van der Waals surface area (Å²) in [6, 6.07) is 18.7. The Hall–Kier alpha value is -2.59. The van der Waals surface area contributed by atoms with Gasteiger partial charge in [-0.15, -0.1) is 11.3 Å². The number of benzene rings is 2. The SMILES string of the molecule is C[C@]1(c2ccccc2)C[C@@H]1NS(=O)(=O)c1ccc(-c2ccc(Cl)c(N)c2)s1.O=C(O)O. The number of carbonyl (C=O) groups is 1. The van der Waals surface area contributed by atoms with E-state index in [4.69, 9.17) is 32.3 Å². The largest absolute Gasteiger partial charge is 0.503 e. The summed E-state index contributed by atoms with van der Waals surface area (Å²) in [5, 5.41) is 14.4. The van der Waals surface area contributed by atoms with Gasteiger partial charge in [0.25, 0.3) is 0 Å². The minimum Gasteiger partial charge on any atom is -0.450 e. The number of anilines is 1. The first-order valence-electron chi connectivity index (χ1n) is 9.18. The summed E-state index contributed by atoms with van der Waals surface area (Å²) in [6.07, 6.45) is -1.04. The van der Waals surface area contributed by atoms with E-state index in [0.29, 0.717) is 14.9 Å². The van der Waals surface area contributed by atoms with Crippen LogP contribution in [-0.4, -0.2) is 30.8 Å². The average molecular weight is 481 g/mol. The summed E-state index contributed by atoms with van der Waals surface area (Å²) in [5.41, 5.74) is 8.18. The second-order valence-electron chi connectivity index (χ2n) is 7.30. The highest BCUT2D eigenvalue weighted by atomic mass is 35.5. The van der Waals surface area contributed by atoms with E-state index in [-0.39, 0.29) is 11.5 Å². The number of sulfonamides is 1. The van der Waals surface area contributed by atoms with Crippen LogP contribution in [-0.2, 0) is 15.4 Å². The number of thiophene rings is 1. The van der Waals surface area contributed by atoms with Crippen molar-refractivity contribution < 1.29 is 23.4 Å². The van der Waals surface area contributed by atoms with Gasteiger partial charge < -0.3 is 15.9 Å². The molecule has 2 aromatic carbocycles. The Morgan fingerprint density at radius 3 is 2.42 bits per heavy atom. The van der Waals surface area contributed by atoms with Crippen molar-refractivity contribution in [2.45, 2.75) is 29.0 Å². The molecule has 1 saturated carbocycles. The minimum atomic E-state index is -3.57. The van der Waals surface area contributed by atoms with Gasteiger partial charge in [-0.05, 0) is 41.8 Å². The Balaban J connectivity index is 0.000000628. The van der Waals surface area contributed by atoms with Crippen LogP contribution in [0.25, 0.3) is 10.4 Å². The van der Waals surface area contributed by atoms with Crippen LogP contribution in [0.1, 0.15) is 18.9 Å². The Morgan fingerprint density at radius 1 is 1.16 bits per heavy atom. The summed E-state index contributed by atoms with van der Waals surface area (Å²) >= 11 is 7.18. The third kappa shape index (κ3) is 5.37. The van der Waals surface area contributed by atoms with Gasteiger partial charge in [0.1, 0.15) is 4.21 Å². The van der Waals surface area contributed by atoms with Crippen LogP contribution >= 0.6 is 22.9 Å². The van der Waals surface area contributed by atoms with E-state index < -0.39 is 16.2 Å². The third-order valence-corrected chi connectivity index (χ3v) is 8.54. The highest BCUT2D eigenvalue weighted by Gasteiger charge is 2.53. The van der Waals surface area contributed by atoms with Gasteiger partial charge in [0, 0.05) is 16.3 Å². The molecule has 0 unspecified atom stereocenters. The Kier molecular flexibility index (Phi) is 6.61. The van der Waals surface area contributed by atoms with Gasteiger partial charge in [-0.25, -0.2) is 17.9 Å². The molecule has 0 aliphatic heterocycles. The van der Waals surface area contributed by atoms with Crippen molar-refractivity contribution in [2.75, 3.05) is 5.73 Å². The molecule has 31 heavy (non-hydrogen) atoms. The molecule has 1 aliphatic rings. The molecular weight excluding hydrogens is 460 g/mol. The fraction of sp³-hybridized carbons (Fsp3) is 0.190. The molecule has 0 radical (unpaired) electrons. The van der Waals surface area contributed by atoms with E-state index in [2.05, 4.69) is 11.6 Å². The second kappa shape index (κ2) is 8.88. The lowest BCUT2D eigenvalue weighted by Crippen LogP contribution is -2.29. The van der Waals surface area contributed by atoms with Crippen LogP contribution in [0.2, 0.25) is 5.02 Å². The van der Waals surface area contributed by atoms with E-state index in [1.165, 1.54) is 11.3 Å². The molecule has 0 amide bonds. The number of nitrogen functional groups attached to an aromatic ring is 1. The molecule has 0 saturated heterocycles. The summed E-state index contributed by atoms with van der Waals surface area (Å²) < 4.78 is 28.8. The number of nitrogens with two attached hydrogens (primary N) is 1. The number of halogens is 1. The maximum atomic E-state index is 12.8. The number of carboxylic acid groups (broad SMARTS) is 2. The van der Waals surface area contributed by atoms with Crippen molar-refractivity contribution in [3.63, 3.8) is 0 Å². The first-order chi connectivity index (χ1) is 14.5. The summed E-state index contributed by atoms with van der Waals surface area (Å²) in [6.45, 7) is 2.09. The van der Waals surface area contributed by atoms with Crippen molar-refractivity contribution in [3.8, 4) is 10.4 Å². The van der Waals surface area contributed by atoms with Crippen LogP contribution in [0.5, 0.6) is 0 Å². The monoisotopic (exact) mass is 480 g/mol. The molecule has 5 N–H and O–H groups in total. The van der Waals surface area contributed by atoms with Crippen molar-refractivity contribution in [2.24, 2.45) is 0 Å². The molecule has 1 aromatic heterocycles. The first-order valence-corrected chi connectivity index (χ1v) is 11.9. The lowest BCUT2D eigenvalue weighted by atomic mass is 9.98. The van der Waals surface area contributed by atoms with E-state index >= 15 is 0 Å². The second-order valence-corrected chi connectivity index (χ2v) is 10.7. The van der Waals surface area contributed by atoms with Gasteiger partial charge in [0.2, 0.25) is 10.0 Å². The fourth-order valence-corrected chi connectivity index (χ4v) is 6.02. The number of nitrogens with one attached hydrogen (secondary N) is 1. The van der Waals surface area contributed by atoms with E-state index in [1.807, 2.05) is 36.4 Å². The highest BCUT2D eigenvalue weighted by Crippen LogP contribution is 2.48. The van der Waals surface area contributed by atoms with Gasteiger partial charge in [-0.1, -0.05) is 54.9 Å². The Labute approximate surface area is 189 Å². The van der Waals surface area contributed by atoms with Gasteiger partial charge >= 0.3 is 6.16 Å². The van der Waals surface area contributed by atoms with Gasteiger partial charge in [-0.2, -0.15) is 0 Å². The lowest BCUT2D eigenvalue weighted by molar-refractivity contribution is 0.137. The van der Waals surface area contributed by atoms with Crippen LogP contribution in [0.15, 0.2) is 64.9 Å². The van der Waals surface area contributed by atoms with Crippen molar-refractivity contribution >= 4 is 44.8 Å². The molecule has 3 aromatic rings. The fourth-order valence-electron chi connectivity index (χ4n) is 3.24.